The van der Waals surface area contributed by atoms with E-state index in [0.29, 0.717) is 28.7 Å². The van der Waals surface area contributed by atoms with E-state index in [0.717, 1.165) is 0 Å². The molecule has 13 heteroatoms. The molecule has 0 saturated heterocycles. The molecular formula is C23H17ClN4O7S. The van der Waals surface area contributed by atoms with E-state index in [1.165, 1.54) is 42.5 Å². The predicted octanol–water partition coefficient (Wildman–Crippen LogP) is 4.08. The topological polar surface area (TPSA) is 142 Å². The fourth-order valence-electron chi connectivity index (χ4n) is 3.18. The number of carbonyl (C=O) groups is 1. The number of ether oxygens (including phenoxy) is 3. The molecule has 1 aliphatic rings. The first-order valence-corrected chi connectivity index (χ1v) is 12.3. The first-order valence-electron chi connectivity index (χ1n) is 10.4. The zero-order valence-electron chi connectivity index (χ0n) is 18.3. The third-order valence-corrected chi connectivity index (χ3v) is 6.48. The van der Waals surface area contributed by atoms with Crippen molar-refractivity contribution in [3.63, 3.8) is 0 Å². The number of nitrogens with zero attached hydrogens (tertiary/aromatic N) is 2. The van der Waals surface area contributed by atoms with Crippen LogP contribution in [0, 0.1) is 0 Å². The van der Waals surface area contributed by atoms with E-state index < -0.39 is 15.9 Å². The Morgan fingerprint density at radius 1 is 0.972 bits per heavy atom. The number of aromatic nitrogens is 2. The summed E-state index contributed by atoms with van der Waals surface area (Å²) >= 11 is 5.66. The van der Waals surface area contributed by atoms with Gasteiger partial charge in [-0.3, -0.25) is 9.52 Å². The van der Waals surface area contributed by atoms with E-state index in [4.69, 9.17) is 30.2 Å². The number of carbonyl (C=O) groups excluding carboxylic acids is 1. The zero-order valence-corrected chi connectivity index (χ0v) is 19.9. The van der Waals surface area contributed by atoms with Gasteiger partial charge in [0.1, 0.15) is 18.1 Å². The molecule has 36 heavy (non-hydrogen) atoms. The summed E-state index contributed by atoms with van der Waals surface area (Å²) in [4.78, 5) is 12.5. The summed E-state index contributed by atoms with van der Waals surface area (Å²) in [5, 5.41) is 10.0. The largest absolute Gasteiger partial charge is 0.486 e. The molecule has 0 bridgehead atoms. The fourth-order valence-corrected chi connectivity index (χ4v) is 4.27. The van der Waals surface area contributed by atoms with E-state index in [9.17, 15) is 13.2 Å². The maximum absolute atomic E-state index is 12.5. The molecule has 4 aromatic rings. The number of halogens is 1. The summed E-state index contributed by atoms with van der Waals surface area (Å²) in [7, 11) is -3.91. The van der Waals surface area contributed by atoms with Gasteiger partial charge in [0, 0.05) is 11.8 Å². The van der Waals surface area contributed by atoms with Crippen LogP contribution in [-0.2, 0) is 16.6 Å². The van der Waals surface area contributed by atoms with Crippen molar-refractivity contribution in [1.82, 2.24) is 10.2 Å². The minimum atomic E-state index is -3.91. The van der Waals surface area contributed by atoms with Crippen molar-refractivity contribution in [2.24, 2.45) is 0 Å². The lowest BCUT2D eigenvalue weighted by molar-refractivity contribution is 0.0992. The smallest absolute Gasteiger partial charge is 0.291 e. The van der Waals surface area contributed by atoms with Gasteiger partial charge in [0.25, 0.3) is 15.9 Å². The number of hydrogen-bond donors (Lipinski definition) is 2. The normalized spacial score (nSPS) is 12.2. The van der Waals surface area contributed by atoms with Crippen molar-refractivity contribution >= 4 is 39.0 Å². The van der Waals surface area contributed by atoms with E-state index in [1.807, 2.05) is 0 Å². The van der Waals surface area contributed by atoms with E-state index in [-0.39, 0.29) is 35.0 Å². The maximum Gasteiger partial charge on any atom is 0.291 e. The van der Waals surface area contributed by atoms with Crippen LogP contribution in [0.25, 0.3) is 0 Å². The minimum Gasteiger partial charge on any atom is -0.486 e. The van der Waals surface area contributed by atoms with Crippen molar-refractivity contribution in [1.29, 1.82) is 0 Å². The molecule has 184 valence electrons. The highest BCUT2D eigenvalue weighted by atomic mass is 35.5. The van der Waals surface area contributed by atoms with Crippen LogP contribution in [0.5, 0.6) is 17.2 Å². The van der Waals surface area contributed by atoms with Crippen molar-refractivity contribution in [3.8, 4) is 17.2 Å². The van der Waals surface area contributed by atoms with Crippen molar-refractivity contribution in [2.75, 3.05) is 16.8 Å². The van der Waals surface area contributed by atoms with Gasteiger partial charge in [-0.1, -0.05) is 11.6 Å². The molecular weight excluding hydrogens is 512 g/mol. The summed E-state index contributed by atoms with van der Waals surface area (Å²) < 4.78 is 49.2. The van der Waals surface area contributed by atoms with Gasteiger partial charge in [-0.2, -0.15) is 0 Å². The minimum absolute atomic E-state index is 0.0212. The Morgan fingerprint density at radius 3 is 2.56 bits per heavy atom. The molecule has 0 radical (unpaired) electrons. The molecule has 0 unspecified atom stereocenters. The lowest BCUT2D eigenvalue weighted by atomic mass is 10.3. The number of benzene rings is 2. The highest BCUT2D eigenvalue weighted by molar-refractivity contribution is 7.92. The Morgan fingerprint density at radius 2 is 1.78 bits per heavy atom. The summed E-state index contributed by atoms with van der Waals surface area (Å²) in [5.41, 5.74) is 0.375. The number of nitrogens with one attached hydrogen (secondary N) is 2. The molecule has 0 fully saturated rings. The van der Waals surface area contributed by atoms with Crippen LogP contribution < -0.4 is 24.2 Å². The highest BCUT2D eigenvalue weighted by Crippen LogP contribution is 2.35. The lowest BCUT2D eigenvalue weighted by Crippen LogP contribution is -2.15. The van der Waals surface area contributed by atoms with Crippen molar-refractivity contribution in [2.45, 2.75) is 11.5 Å². The standard InChI is InChI=1S/C23H17ClN4O7S/c24-21-9-10-22(27-26-21)28-36(30,31)17-5-1-14(2-6-17)25-23(29)19-8-4-16(35-19)12-32-15-3-7-18-20(11-15)34-13-33-18/h1-11H,12-13H2,(H,25,29)(H,27,28). The van der Waals surface area contributed by atoms with Gasteiger partial charge in [-0.05, 0) is 60.7 Å². The van der Waals surface area contributed by atoms with Gasteiger partial charge in [-0.15, -0.1) is 10.2 Å². The molecule has 0 aliphatic carbocycles. The van der Waals surface area contributed by atoms with Crippen LogP contribution in [0.1, 0.15) is 16.3 Å². The second-order valence-corrected chi connectivity index (χ2v) is 9.46. The van der Waals surface area contributed by atoms with Crippen LogP contribution in [0.3, 0.4) is 0 Å². The van der Waals surface area contributed by atoms with E-state index >= 15 is 0 Å². The number of sulfonamides is 1. The van der Waals surface area contributed by atoms with Gasteiger partial charge < -0.3 is 23.9 Å². The molecule has 2 N–H and O–H groups in total. The van der Waals surface area contributed by atoms with Gasteiger partial charge >= 0.3 is 0 Å². The number of hydrogen-bond acceptors (Lipinski definition) is 9. The number of furan rings is 1. The maximum atomic E-state index is 12.5. The average molecular weight is 529 g/mol. The average Bonchev–Trinajstić information content (AvgIpc) is 3.54. The van der Waals surface area contributed by atoms with Gasteiger partial charge in [0.05, 0.1) is 4.90 Å². The zero-order chi connectivity index (χ0) is 25.1. The molecule has 2 aromatic carbocycles. The lowest BCUT2D eigenvalue weighted by Gasteiger charge is -2.08. The van der Waals surface area contributed by atoms with Crippen LogP contribution >= 0.6 is 11.6 Å². The summed E-state index contributed by atoms with van der Waals surface area (Å²) in [5.74, 6) is 1.84. The summed E-state index contributed by atoms with van der Waals surface area (Å²) in [6.07, 6.45) is 0. The van der Waals surface area contributed by atoms with Gasteiger partial charge in [-0.25, -0.2) is 8.42 Å². The van der Waals surface area contributed by atoms with E-state index in [1.54, 1.807) is 24.3 Å². The Balaban J connectivity index is 1.17. The number of anilines is 2. The Bertz CT molecular complexity index is 1510. The Labute approximate surface area is 210 Å². The van der Waals surface area contributed by atoms with E-state index in [2.05, 4.69) is 20.2 Å². The van der Waals surface area contributed by atoms with Crippen molar-refractivity contribution < 1.29 is 31.8 Å². The van der Waals surface area contributed by atoms with Crippen LogP contribution in [-0.4, -0.2) is 31.3 Å². The Hall–Kier alpha value is -4.29. The quantitative estimate of drug-likeness (QED) is 0.346. The molecule has 0 atom stereocenters. The summed E-state index contributed by atoms with van der Waals surface area (Å²) in [6, 6.07) is 16.7. The van der Waals surface area contributed by atoms with Gasteiger partial charge in [0.2, 0.25) is 6.79 Å². The molecule has 0 saturated carbocycles. The third-order valence-electron chi connectivity index (χ3n) is 4.90. The first kappa shape index (κ1) is 23.5. The second-order valence-electron chi connectivity index (χ2n) is 7.39. The van der Waals surface area contributed by atoms with Crippen molar-refractivity contribution in [3.05, 3.63) is 83.4 Å². The van der Waals surface area contributed by atoms with Crippen LogP contribution in [0.4, 0.5) is 11.5 Å². The monoisotopic (exact) mass is 528 g/mol. The summed E-state index contributed by atoms with van der Waals surface area (Å²) in [6.45, 7) is 0.272. The predicted molar refractivity (Wildman–Crippen MR) is 128 cm³/mol. The SMILES string of the molecule is O=C(Nc1ccc(S(=O)(=O)Nc2ccc(Cl)nn2)cc1)c1ccc(COc2ccc3c(c2)OCO3)o1. The number of fused-ring (bicyclic) bond motifs is 1. The second kappa shape index (κ2) is 9.76. The number of rotatable bonds is 8. The molecule has 5 rings (SSSR count). The fraction of sp³-hybridized carbons (Fsp3) is 0.0870. The third kappa shape index (κ3) is 5.34. The van der Waals surface area contributed by atoms with Crippen LogP contribution in [0.15, 0.2) is 76.0 Å². The molecule has 0 spiro atoms. The molecule has 1 aliphatic heterocycles. The first-order chi connectivity index (χ1) is 17.4. The number of amides is 1. The Kier molecular flexibility index (Phi) is 6.36. The molecule has 2 aromatic heterocycles. The molecule has 3 heterocycles. The molecule has 11 nitrogen and oxygen atoms in total. The molecule has 1 amide bonds. The van der Waals surface area contributed by atoms with Gasteiger partial charge in [0.15, 0.2) is 28.2 Å². The van der Waals surface area contributed by atoms with Crippen LogP contribution in [0.2, 0.25) is 5.15 Å². The highest BCUT2D eigenvalue weighted by Gasteiger charge is 2.17.